The number of pyridine rings is 1. The molecule has 3 atom stereocenters. The molecule has 3 heterocycles. The minimum absolute atomic E-state index is 0.0253. The maximum Gasteiger partial charge on any atom is 0.229 e. The molecule has 1 amide bonds. The highest BCUT2D eigenvalue weighted by molar-refractivity contribution is 6.00. The van der Waals surface area contributed by atoms with Crippen LogP contribution in [0.25, 0.3) is 16.3 Å². The van der Waals surface area contributed by atoms with Gasteiger partial charge in [-0.1, -0.05) is 6.92 Å². The molecule has 5 rings (SSSR count). The Hall–Kier alpha value is -3.89. The van der Waals surface area contributed by atoms with Crippen LogP contribution in [0.1, 0.15) is 37.8 Å². The van der Waals surface area contributed by atoms with Crippen LogP contribution in [-0.2, 0) is 16.1 Å². The van der Waals surface area contributed by atoms with Crippen molar-refractivity contribution < 1.29 is 13.9 Å². The zero-order valence-electron chi connectivity index (χ0n) is 23.2. The molecule has 0 unspecified atom stereocenters. The molecule has 3 N–H and O–H groups in total. The predicted molar refractivity (Wildman–Crippen MR) is 157 cm³/mol. The van der Waals surface area contributed by atoms with Crippen LogP contribution >= 0.6 is 0 Å². The number of fused-ring (bicyclic) bond motifs is 1. The summed E-state index contributed by atoms with van der Waals surface area (Å²) in [5.74, 6) is -0.0351. The van der Waals surface area contributed by atoms with Gasteiger partial charge in [-0.15, -0.1) is 0 Å². The van der Waals surface area contributed by atoms with Crippen molar-refractivity contribution in [2.24, 2.45) is 16.8 Å². The average Bonchev–Trinajstić information content (AvgIpc) is 3.41. The number of nitrogens with one attached hydrogen (secondary N) is 1. The molecule has 10 heteroatoms. The van der Waals surface area contributed by atoms with Crippen LogP contribution in [0.15, 0.2) is 53.6 Å². The molecule has 0 bridgehead atoms. The number of anilines is 2. The smallest absolute Gasteiger partial charge is 0.229 e. The zero-order chi connectivity index (χ0) is 28.4. The van der Waals surface area contributed by atoms with Crippen LogP contribution in [0, 0.1) is 17.7 Å². The van der Waals surface area contributed by atoms with E-state index in [1.807, 2.05) is 24.7 Å². The highest BCUT2D eigenvalue weighted by atomic mass is 19.1. The van der Waals surface area contributed by atoms with E-state index in [4.69, 9.17) is 10.5 Å². The summed E-state index contributed by atoms with van der Waals surface area (Å²) in [7, 11) is 0. The summed E-state index contributed by atoms with van der Waals surface area (Å²) in [5, 5.41) is 8.68. The molecule has 0 radical (unpaired) electrons. The van der Waals surface area contributed by atoms with E-state index < -0.39 is 5.82 Å². The number of hydrogen-bond donors (Lipinski definition) is 2. The number of carbonyl (C=O) groups excluding carboxylic acids is 1. The van der Waals surface area contributed by atoms with Crippen LogP contribution in [0.4, 0.5) is 15.9 Å². The molecular formula is C30H36FN7O2. The van der Waals surface area contributed by atoms with E-state index in [1.165, 1.54) is 6.20 Å². The summed E-state index contributed by atoms with van der Waals surface area (Å²) >= 11 is 0. The van der Waals surface area contributed by atoms with E-state index in [-0.39, 0.29) is 29.3 Å². The highest BCUT2D eigenvalue weighted by Crippen LogP contribution is 2.54. The monoisotopic (exact) mass is 545 g/mol. The lowest BCUT2D eigenvalue weighted by atomic mass is 9.97. The molecule has 2 aliphatic rings. The van der Waals surface area contributed by atoms with Gasteiger partial charge in [0.1, 0.15) is 5.82 Å². The van der Waals surface area contributed by atoms with Crippen molar-refractivity contribution in [1.82, 2.24) is 19.7 Å². The second-order valence-corrected chi connectivity index (χ2v) is 10.6. The third-order valence-corrected chi connectivity index (χ3v) is 8.14. The molecular weight excluding hydrogens is 509 g/mol. The van der Waals surface area contributed by atoms with E-state index in [1.54, 1.807) is 24.4 Å². The molecule has 1 aromatic carbocycles. The number of aromatic nitrogens is 3. The van der Waals surface area contributed by atoms with Crippen molar-refractivity contribution in [2.45, 2.75) is 33.2 Å². The third kappa shape index (κ3) is 5.68. The first-order valence-corrected chi connectivity index (χ1v) is 13.6. The Bertz CT molecular complexity index is 1490. The lowest BCUT2D eigenvalue weighted by molar-refractivity contribution is -0.117. The van der Waals surface area contributed by atoms with Crippen LogP contribution in [0.3, 0.4) is 0 Å². The maximum absolute atomic E-state index is 15.2. The van der Waals surface area contributed by atoms with Gasteiger partial charge >= 0.3 is 0 Å². The van der Waals surface area contributed by atoms with Gasteiger partial charge in [0.05, 0.1) is 31.6 Å². The van der Waals surface area contributed by atoms with Crippen molar-refractivity contribution in [1.29, 1.82) is 0 Å². The van der Waals surface area contributed by atoms with Gasteiger partial charge in [-0.25, -0.2) is 9.37 Å². The lowest BCUT2D eigenvalue weighted by Crippen LogP contribution is -2.38. The number of benzene rings is 1. The number of nitrogens with zero attached hydrogens (tertiary/aromatic N) is 5. The minimum Gasteiger partial charge on any atom is -0.396 e. The number of nitrogen functional groups attached to an aromatic ring is 1. The number of nitrogens with two attached hydrogens (primary N) is 1. The van der Waals surface area contributed by atoms with Gasteiger partial charge in [0.2, 0.25) is 5.91 Å². The van der Waals surface area contributed by atoms with Gasteiger partial charge in [-0.2, -0.15) is 5.10 Å². The van der Waals surface area contributed by atoms with E-state index in [0.29, 0.717) is 22.2 Å². The Morgan fingerprint density at radius 3 is 2.80 bits per heavy atom. The lowest BCUT2D eigenvalue weighted by Gasteiger charge is -2.26. The Morgan fingerprint density at radius 2 is 2.05 bits per heavy atom. The van der Waals surface area contributed by atoms with Gasteiger partial charge in [0, 0.05) is 61.0 Å². The van der Waals surface area contributed by atoms with Crippen LogP contribution in [-0.4, -0.2) is 65.1 Å². The van der Waals surface area contributed by atoms with E-state index >= 15 is 4.39 Å². The van der Waals surface area contributed by atoms with E-state index in [2.05, 4.69) is 45.1 Å². The molecule has 9 nitrogen and oxygen atoms in total. The fraction of sp³-hybridized carbons (Fsp3) is 0.400. The van der Waals surface area contributed by atoms with Gasteiger partial charge in [0.25, 0.3) is 0 Å². The van der Waals surface area contributed by atoms with Crippen LogP contribution in [0.5, 0.6) is 0 Å². The molecule has 2 fully saturated rings. The molecule has 1 aliphatic heterocycles. The van der Waals surface area contributed by atoms with Gasteiger partial charge in [-0.3, -0.25) is 19.4 Å². The Balaban J connectivity index is 1.28. The number of halogens is 1. The second-order valence-electron chi connectivity index (χ2n) is 10.6. The molecule has 40 heavy (non-hydrogen) atoms. The Kier molecular flexibility index (Phi) is 8.09. The number of amides is 1. The zero-order valence-corrected chi connectivity index (χ0v) is 23.2. The standard InChI is InChI=1S/C30H36FN7O2/c1-18(5-6-33-4)19(2)23-13-21-14-25(34-16-24(21)29(32)28(23)31)36-30(39)27-20(3)26(27)22-15-35-38(17-22)8-7-37-9-11-40-12-10-37/h5-6,13-17,20,26-27H,4,7-12,32H2,1-3H3,(H,34,36,39)/b6-5-,19-18+/t20-,26+,27-/m1/s1. The van der Waals surface area contributed by atoms with Crippen molar-refractivity contribution in [3.05, 3.63) is 65.5 Å². The maximum atomic E-state index is 15.2. The number of aliphatic imine (C=N–C) groups is 1. The van der Waals surface area contributed by atoms with Crippen LogP contribution in [0.2, 0.25) is 0 Å². The number of carbonyl (C=O) groups is 1. The molecule has 1 aliphatic carbocycles. The Labute approximate surface area is 233 Å². The van der Waals surface area contributed by atoms with Gasteiger partial charge in [0.15, 0.2) is 5.82 Å². The van der Waals surface area contributed by atoms with Gasteiger partial charge < -0.3 is 15.8 Å². The molecule has 1 saturated carbocycles. The highest BCUT2D eigenvalue weighted by Gasteiger charge is 2.53. The largest absolute Gasteiger partial charge is 0.396 e. The first-order chi connectivity index (χ1) is 19.3. The summed E-state index contributed by atoms with van der Waals surface area (Å²) in [4.78, 5) is 23.7. The summed E-state index contributed by atoms with van der Waals surface area (Å²) < 4.78 is 22.5. The number of rotatable bonds is 9. The number of morpholine rings is 1. The molecule has 2 aromatic heterocycles. The minimum atomic E-state index is -0.497. The first kappa shape index (κ1) is 27.7. The SMILES string of the molecule is C=N/C=C\C(C)=C(/C)c1cc2cc(NC(=O)[C@@H]3[C@H](C)[C@H]3c3cnn(CCN4CCOCC4)c3)ncc2c(N)c1F. The quantitative estimate of drug-likeness (QED) is 0.233. The second kappa shape index (κ2) is 11.7. The van der Waals surface area contributed by atoms with Crippen molar-refractivity contribution in [3.8, 4) is 0 Å². The molecule has 1 saturated heterocycles. The molecule has 0 spiro atoms. The third-order valence-electron chi connectivity index (χ3n) is 8.14. The van der Waals surface area contributed by atoms with E-state index in [9.17, 15) is 4.79 Å². The average molecular weight is 546 g/mol. The number of ether oxygens (including phenoxy) is 1. The van der Waals surface area contributed by atoms with E-state index in [0.717, 1.165) is 56.1 Å². The summed E-state index contributed by atoms with van der Waals surface area (Å²) in [5.41, 5.74) is 9.21. The van der Waals surface area contributed by atoms with Crippen molar-refractivity contribution in [2.75, 3.05) is 43.9 Å². The predicted octanol–water partition coefficient (Wildman–Crippen LogP) is 4.48. The topological polar surface area (TPSA) is 111 Å². The fourth-order valence-corrected chi connectivity index (χ4v) is 5.47. The summed E-state index contributed by atoms with van der Waals surface area (Å²) in [6.45, 7) is 14.4. The normalized spacial score (nSPS) is 21.9. The first-order valence-electron chi connectivity index (χ1n) is 13.6. The van der Waals surface area contributed by atoms with Gasteiger partial charge in [-0.05, 0) is 66.8 Å². The summed E-state index contributed by atoms with van der Waals surface area (Å²) in [6, 6.07) is 3.47. The van der Waals surface area contributed by atoms with Crippen molar-refractivity contribution in [3.63, 3.8) is 0 Å². The number of hydrogen-bond acceptors (Lipinski definition) is 7. The molecule has 210 valence electrons. The summed E-state index contributed by atoms with van der Waals surface area (Å²) in [6.07, 6.45) is 8.76. The molecule has 3 aromatic rings. The number of allylic oxidation sites excluding steroid dienone is 3. The van der Waals surface area contributed by atoms with Crippen molar-refractivity contribution >= 4 is 40.5 Å². The fourth-order valence-electron chi connectivity index (χ4n) is 5.47. The Morgan fingerprint density at radius 1 is 1.27 bits per heavy atom. The van der Waals surface area contributed by atoms with Crippen LogP contribution < -0.4 is 11.1 Å².